The molecular weight excluding hydrogens is 983 g/mol. The van der Waals surface area contributed by atoms with Crippen molar-refractivity contribution in [1.82, 2.24) is 35.6 Å². The summed E-state index contributed by atoms with van der Waals surface area (Å²) >= 11 is 0. The molecule has 4 heterocycles. The molecule has 0 aliphatic carbocycles. The zero-order valence-corrected chi connectivity index (χ0v) is 46.6. The molecule has 1 spiro atoms. The standard InChI is InChI=1S/C55H83N7O14/c1-13-33(8)44-42(64)29-43(65)76-46(32(6)7)49(68)56-38(26-30(2)3)51(70)60-23-14-16-39(60)52(71)59(11)41(28-36-17-19-37(74-12)20-18-36)53(72)75-35(10)45(48(67)57-44)58-47(66)40(27-31(4)5)61-25-22-55(54(61)73)21-15-24-62(55)50(69)34(9)63/h17-20,30-33,35,38-42,44-46,64H,13-16,21-29H2,1-12H3,(H,56,68)(H,57,67)(H,58,66)/t33-,35+,38-,39-,40+,41-,42-,44+,45-,46-,55?/m0/s1. The van der Waals surface area contributed by atoms with E-state index in [4.69, 9.17) is 14.2 Å². The lowest BCUT2D eigenvalue weighted by Crippen LogP contribution is -2.62. The fourth-order valence-electron chi connectivity index (χ4n) is 11.0. The van der Waals surface area contributed by atoms with Crippen LogP contribution in [0.3, 0.4) is 0 Å². The molecule has 1 unspecified atom stereocenters. The average Bonchev–Trinajstić information content (AvgIpc) is 4.12. The molecular formula is C55H83N7O14. The molecule has 4 N–H and O–H groups in total. The van der Waals surface area contributed by atoms with E-state index in [0.717, 1.165) is 6.92 Å². The van der Waals surface area contributed by atoms with Crippen molar-refractivity contribution < 1.29 is 67.3 Å². The Hall–Kier alpha value is -6.12. The number of nitrogens with zero attached hydrogens (tertiary/aromatic N) is 4. The second-order valence-electron chi connectivity index (χ2n) is 22.4. The maximum Gasteiger partial charge on any atom is 0.329 e. The fourth-order valence-corrected chi connectivity index (χ4v) is 11.0. The summed E-state index contributed by atoms with van der Waals surface area (Å²) in [5.41, 5.74) is -0.740. The summed E-state index contributed by atoms with van der Waals surface area (Å²) in [6.45, 7) is 17.2. The monoisotopic (exact) mass is 1070 g/mol. The van der Waals surface area contributed by atoms with Gasteiger partial charge in [0.15, 0.2) is 6.10 Å². The third-order valence-corrected chi connectivity index (χ3v) is 15.5. The molecule has 21 heteroatoms. The van der Waals surface area contributed by atoms with Crippen molar-refractivity contribution in [2.75, 3.05) is 33.8 Å². The highest BCUT2D eigenvalue weighted by molar-refractivity contribution is 6.35. The Balaban J connectivity index is 1.61. The van der Waals surface area contributed by atoms with Gasteiger partial charge < -0.3 is 54.9 Å². The highest BCUT2D eigenvalue weighted by Crippen LogP contribution is 2.40. The van der Waals surface area contributed by atoms with Crippen molar-refractivity contribution >= 4 is 59.1 Å². The van der Waals surface area contributed by atoms with E-state index in [1.165, 1.54) is 40.7 Å². The van der Waals surface area contributed by atoms with Crippen LogP contribution in [0.2, 0.25) is 0 Å². The van der Waals surface area contributed by atoms with Crippen LogP contribution in [0.4, 0.5) is 0 Å². The van der Waals surface area contributed by atoms with Crippen molar-refractivity contribution in [2.45, 2.75) is 194 Å². The van der Waals surface area contributed by atoms with Gasteiger partial charge in [0.05, 0.1) is 25.7 Å². The SMILES string of the molecule is CC[C@H](C)[C@H]1NC(=O)[C@@H](NC(=O)[C@@H](CC(C)C)N2CCC3(CCCN3C(=O)C(C)=O)C2=O)[C@@H](C)OC(=O)[C@H](Cc2ccc(OC)cc2)N(C)C(=O)[C@@H]2CCCN2C(=O)[C@H](CC(C)C)NC(=O)[C@H](C(C)C)OC(=O)C[C@@H]1O. The van der Waals surface area contributed by atoms with Crippen LogP contribution >= 0.6 is 0 Å². The zero-order chi connectivity index (χ0) is 56.5. The van der Waals surface area contributed by atoms with Gasteiger partial charge in [0.25, 0.3) is 11.8 Å². The number of fused-ring (bicyclic) bond motifs is 1. The number of ether oxygens (including phenoxy) is 3. The van der Waals surface area contributed by atoms with Gasteiger partial charge in [-0.25, -0.2) is 4.79 Å². The predicted molar refractivity (Wildman–Crippen MR) is 278 cm³/mol. The number of likely N-dealkylation sites (tertiary alicyclic amines) is 2. The van der Waals surface area contributed by atoms with Gasteiger partial charge in [0.2, 0.25) is 35.3 Å². The van der Waals surface area contributed by atoms with Gasteiger partial charge >= 0.3 is 11.9 Å². The molecule has 4 aliphatic heterocycles. The molecule has 0 saturated carbocycles. The van der Waals surface area contributed by atoms with Gasteiger partial charge in [0, 0.05) is 40.0 Å². The summed E-state index contributed by atoms with van der Waals surface area (Å²) in [6.07, 6.45) is -3.04. The second kappa shape index (κ2) is 26.3. The first-order chi connectivity index (χ1) is 35.8. The summed E-state index contributed by atoms with van der Waals surface area (Å²) < 4.78 is 17.3. The number of hydrogen-bond acceptors (Lipinski definition) is 14. The molecule has 1 aromatic rings. The minimum absolute atomic E-state index is 0.0558. The maximum absolute atomic E-state index is 15.0. The van der Waals surface area contributed by atoms with Crippen LogP contribution < -0.4 is 20.7 Å². The third kappa shape index (κ3) is 14.1. The lowest BCUT2D eigenvalue weighted by atomic mass is 9.92. The highest BCUT2D eigenvalue weighted by Gasteiger charge is 2.57. The Kier molecular flexibility index (Phi) is 21.0. The summed E-state index contributed by atoms with van der Waals surface area (Å²) in [7, 11) is 2.92. The summed E-state index contributed by atoms with van der Waals surface area (Å²) in [5, 5.41) is 20.2. The molecule has 7 amide bonds. The highest BCUT2D eigenvalue weighted by atomic mass is 16.6. The molecule has 0 bridgehead atoms. The second-order valence-corrected chi connectivity index (χ2v) is 22.4. The van der Waals surface area contributed by atoms with Crippen LogP contribution in [0.1, 0.15) is 133 Å². The van der Waals surface area contributed by atoms with E-state index in [1.54, 1.807) is 52.0 Å². The number of ketones is 1. The number of esters is 2. The lowest BCUT2D eigenvalue weighted by Gasteiger charge is -2.36. The molecule has 422 valence electrons. The van der Waals surface area contributed by atoms with Crippen molar-refractivity contribution in [3.63, 3.8) is 0 Å². The minimum Gasteiger partial charge on any atom is -0.497 e. The molecule has 11 atom stereocenters. The van der Waals surface area contributed by atoms with Gasteiger partial charge in [0.1, 0.15) is 47.6 Å². The van der Waals surface area contributed by atoms with Crippen LogP contribution in [-0.2, 0) is 63.8 Å². The predicted octanol–water partition coefficient (Wildman–Crippen LogP) is 2.46. The number of aliphatic hydroxyl groups is 1. The smallest absolute Gasteiger partial charge is 0.329 e. The van der Waals surface area contributed by atoms with Crippen LogP contribution in [0.25, 0.3) is 0 Å². The first kappa shape index (κ1) is 60.7. The molecule has 4 saturated heterocycles. The third-order valence-electron chi connectivity index (χ3n) is 15.5. The molecule has 1 aromatic carbocycles. The van der Waals surface area contributed by atoms with E-state index >= 15 is 0 Å². The Labute approximate surface area is 447 Å². The van der Waals surface area contributed by atoms with E-state index in [1.807, 2.05) is 27.7 Å². The lowest BCUT2D eigenvalue weighted by molar-refractivity contribution is -0.162. The topological polar surface area (TPSA) is 268 Å². The van der Waals surface area contributed by atoms with E-state index in [-0.39, 0.29) is 70.0 Å². The molecule has 5 rings (SSSR count). The number of nitrogens with one attached hydrogen (secondary N) is 3. The van der Waals surface area contributed by atoms with Crippen LogP contribution in [0.5, 0.6) is 5.75 Å². The molecule has 76 heavy (non-hydrogen) atoms. The Morgan fingerprint density at radius 2 is 1.54 bits per heavy atom. The van der Waals surface area contributed by atoms with Crippen LogP contribution in [0, 0.1) is 23.7 Å². The van der Waals surface area contributed by atoms with Gasteiger partial charge in [-0.3, -0.25) is 43.2 Å². The van der Waals surface area contributed by atoms with E-state index in [9.17, 15) is 53.1 Å². The van der Waals surface area contributed by atoms with Gasteiger partial charge in [-0.15, -0.1) is 0 Å². The van der Waals surface area contributed by atoms with E-state index in [2.05, 4.69) is 16.0 Å². The van der Waals surface area contributed by atoms with Gasteiger partial charge in [-0.2, -0.15) is 0 Å². The number of amides is 7. The van der Waals surface area contributed by atoms with E-state index in [0.29, 0.717) is 30.6 Å². The van der Waals surface area contributed by atoms with Gasteiger partial charge in [-0.1, -0.05) is 73.9 Å². The zero-order valence-electron chi connectivity index (χ0n) is 46.6. The number of carbonyl (C=O) groups excluding carboxylic acids is 10. The number of methoxy groups -OCH3 is 1. The number of hydrogen-bond donors (Lipinski definition) is 4. The normalized spacial score (nSPS) is 28.5. The number of cyclic esters (lactones) is 2. The molecule has 4 aliphatic rings. The largest absolute Gasteiger partial charge is 0.497 e. The minimum atomic E-state index is -1.72. The van der Waals surface area contributed by atoms with E-state index < -0.39 is 137 Å². The number of likely N-dealkylation sites (N-methyl/N-ethyl adjacent to an activating group) is 1. The molecule has 0 radical (unpaired) electrons. The van der Waals surface area contributed by atoms with Crippen molar-refractivity contribution in [3.05, 3.63) is 29.8 Å². The molecule has 4 fully saturated rings. The first-order valence-corrected chi connectivity index (χ1v) is 27.1. The van der Waals surface area contributed by atoms with Crippen molar-refractivity contribution in [2.24, 2.45) is 23.7 Å². The Bertz CT molecular complexity index is 2310. The molecule has 21 nitrogen and oxygen atoms in total. The number of rotatable bonds is 14. The van der Waals surface area contributed by atoms with Crippen LogP contribution in [0.15, 0.2) is 24.3 Å². The number of carbonyl (C=O) groups is 10. The van der Waals surface area contributed by atoms with Gasteiger partial charge in [-0.05, 0) is 93.2 Å². The van der Waals surface area contributed by atoms with Crippen molar-refractivity contribution in [1.29, 1.82) is 0 Å². The number of aliphatic hydroxyl groups excluding tert-OH is 1. The summed E-state index contributed by atoms with van der Waals surface area (Å²) in [6, 6.07) is -0.857. The average molecular weight is 1070 g/mol. The first-order valence-electron chi connectivity index (χ1n) is 27.1. The number of Topliss-reactive ketones (excluding diaryl/α,β-unsaturated/α-hetero) is 1. The number of benzene rings is 1. The fraction of sp³-hybridized carbons (Fsp3) is 0.709. The quantitative estimate of drug-likeness (QED) is 0.154. The molecule has 0 aromatic heterocycles. The summed E-state index contributed by atoms with van der Waals surface area (Å²) in [5.74, 6) is -8.41. The Morgan fingerprint density at radius 1 is 0.868 bits per heavy atom. The van der Waals surface area contributed by atoms with Crippen molar-refractivity contribution in [3.8, 4) is 5.75 Å². The van der Waals surface area contributed by atoms with Crippen LogP contribution in [-0.4, -0.2) is 178 Å². The Morgan fingerprint density at radius 3 is 2.13 bits per heavy atom. The maximum atomic E-state index is 15.0. The summed E-state index contributed by atoms with van der Waals surface area (Å²) in [4.78, 5) is 147.